The zero-order chi connectivity index (χ0) is 9.12. The van der Waals surface area contributed by atoms with E-state index in [9.17, 15) is 13.2 Å². The van der Waals surface area contributed by atoms with Crippen molar-refractivity contribution in [1.29, 1.82) is 0 Å². The van der Waals surface area contributed by atoms with Crippen LogP contribution in [0, 0.1) is 5.41 Å². The normalized spacial score (nSPS) is 12.5. The number of alkyl halides is 3. The van der Waals surface area contributed by atoms with Gasteiger partial charge in [0.15, 0.2) is 0 Å². The minimum absolute atomic E-state index is 0.562. The lowest BCUT2D eigenvalue weighted by Crippen LogP contribution is -2.34. The van der Waals surface area contributed by atoms with Gasteiger partial charge in [-0.05, 0) is 5.53 Å². The molecule has 64 valence electrons. The number of hydrogen-bond acceptors (Lipinski definition) is 1. The smallest absolute Gasteiger partial charge is 0.171 e. The number of halogens is 3. The van der Waals surface area contributed by atoms with E-state index >= 15 is 0 Å². The maximum Gasteiger partial charge on any atom is 0.394 e. The highest BCUT2D eigenvalue weighted by atomic mass is 19.4. The molecule has 0 heterocycles. The molecule has 0 fully saturated rings. The first-order valence-electron chi connectivity index (χ1n) is 2.89. The summed E-state index contributed by atoms with van der Waals surface area (Å²) in [5.41, 5.74) is 5.85. The molecule has 0 N–H and O–H groups in total. The molecule has 0 saturated heterocycles. The topological polar surface area (TPSA) is 48.8 Å². The van der Waals surface area contributed by atoms with Crippen LogP contribution in [-0.2, 0) is 0 Å². The largest absolute Gasteiger partial charge is 0.394 e. The molecule has 0 aromatic rings. The lowest BCUT2D eigenvalue weighted by atomic mass is 9.93. The Hall–Kier alpha value is -0.900. The zero-order valence-electron chi connectivity index (χ0n) is 6.18. The number of rotatable bonds is 2. The maximum absolute atomic E-state index is 12.0. The zero-order valence-corrected chi connectivity index (χ0v) is 6.18. The Balaban J connectivity index is 4.33. The second-order valence-corrected chi connectivity index (χ2v) is 2.77. The van der Waals surface area contributed by atoms with Crippen LogP contribution in [0.4, 0.5) is 13.2 Å². The molecular formula is C5H8F3N3. The molecule has 0 aromatic heterocycles. The third kappa shape index (κ3) is 2.67. The summed E-state index contributed by atoms with van der Waals surface area (Å²) in [6.45, 7) is 1.41. The molecule has 0 atom stereocenters. The average Bonchev–Trinajstić information content (AvgIpc) is 1.81. The Morgan fingerprint density at radius 3 is 2.09 bits per heavy atom. The van der Waals surface area contributed by atoms with Gasteiger partial charge in [-0.2, -0.15) is 13.2 Å². The van der Waals surface area contributed by atoms with Gasteiger partial charge in [-0.1, -0.05) is 19.0 Å². The molecule has 3 nitrogen and oxygen atoms in total. The van der Waals surface area contributed by atoms with Gasteiger partial charge in [-0.3, -0.25) is 0 Å². The van der Waals surface area contributed by atoms with Gasteiger partial charge in [0.1, 0.15) is 0 Å². The highest BCUT2D eigenvalue weighted by Crippen LogP contribution is 2.37. The third-order valence-corrected chi connectivity index (χ3v) is 1.30. The second kappa shape index (κ2) is 3.00. The Morgan fingerprint density at radius 1 is 1.36 bits per heavy atom. The summed E-state index contributed by atoms with van der Waals surface area (Å²) in [6.07, 6.45) is -4.32. The first kappa shape index (κ1) is 10.1. The van der Waals surface area contributed by atoms with Crippen LogP contribution in [0.25, 0.3) is 10.4 Å². The fourth-order valence-electron chi connectivity index (χ4n) is 0.298. The number of azide groups is 1. The van der Waals surface area contributed by atoms with Crippen LogP contribution >= 0.6 is 0 Å². The molecule has 0 rings (SSSR count). The maximum atomic E-state index is 12.0. The monoisotopic (exact) mass is 167 g/mol. The first-order valence-corrected chi connectivity index (χ1v) is 2.89. The van der Waals surface area contributed by atoms with E-state index in [0.29, 0.717) is 0 Å². The van der Waals surface area contributed by atoms with Crippen LogP contribution in [0.15, 0.2) is 5.11 Å². The minimum Gasteiger partial charge on any atom is -0.171 e. The lowest BCUT2D eigenvalue weighted by Gasteiger charge is -2.25. The number of nitrogens with zero attached hydrogens (tertiary/aromatic N) is 3. The van der Waals surface area contributed by atoms with Crippen molar-refractivity contribution in [1.82, 2.24) is 0 Å². The van der Waals surface area contributed by atoms with Crippen molar-refractivity contribution in [3.8, 4) is 0 Å². The SMILES string of the molecule is CC(C)(CN=[N+]=[N-])C(F)(F)F. The average molecular weight is 167 g/mol. The first-order chi connectivity index (χ1) is 4.81. The van der Waals surface area contributed by atoms with Gasteiger partial charge in [-0.25, -0.2) is 0 Å². The molecule has 0 saturated carbocycles. The fraction of sp³-hybridized carbons (Fsp3) is 1.00. The van der Waals surface area contributed by atoms with E-state index in [1.807, 2.05) is 0 Å². The highest BCUT2D eigenvalue weighted by Gasteiger charge is 2.46. The van der Waals surface area contributed by atoms with Crippen LogP contribution in [0.2, 0.25) is 0 Å². The van der Waals surface area contributed by atoms with Crippen molar-refractivity contribution < 1.29 is 13.2 Å². The lowest BCUT2D eigenvalue weighted by molar-refractivity contribution is -0.207. The van der Waals surface area contributed by atoms with E-state index in [4.69, 9.17) is 5.53 Å². The molecule has 11 heavy (non-hydrogen) atoms. The van der Waals surface area contributed by atoms with Gasteiger partial charge in [-0.15, -0.1) is 0 Å². The Bertz CT molecular complexity index is 178. The van der Waals surface area contributed by atoms with Crippen molar-refractivity contribution in [2.75, 3.05) is 6.54 Å². The van der Waals surface area contributed by atoms with Crippen molar-refractivity contribution >= 4 is 0 Å². The van der Waals surface area contributed by atoms with Crippen molar-refractivity contribution in [2.45, 2.75) is 20.0 Å². The van der Waals surface area contributed by atoms with E-state index in [2.05, 4.69) is 10.0 Å². The molecule has 0 aliphatic heterocycles. The predicted molar refractivity (Wildman–Crippen MR) is 33.8 cm³/mol. The van der Waals surface area contributed by atoms with E-state index in [-0.39, 0.29) is 0 Å². The summed E-state index contributed by atoms with van der Waals surface area (Å²) in [5.74, 6) is 0. The summed E-state index contributed by atoms with van der Waals surface area (Å²) in [6, 6.07) is 0. The standard InChI is InChI=1S/C5H8F3N3/c1-4(2,3-10-11-9)5(6,7)8/h3H2,1-2H3. The minimum atomic E-state index is -4.32. The summed E-state index contributed by atoms with van der Waals surface area (Å²) >= 11 is 0. The van der Waals surface area contributed by atoms with Gasteiger partial charge in [0, 0.05) is 11.5 Å². The second-order valence-electron chi connectivity index (χ2n) is 2.77. The molecule has 0 unspecified atom stereocenters. The highest BCUT2D eigenvalue weighted by molar-refractivity contribution is 4.79. The molecule has 6 heteroatoms. The van der Waals surface area contributed by atoms with Gasteiger partial charge < -0.3 is 0 Å². The molecule has 0 spiro atoms. The van der Waals surface area contributed by atoms with Crippen molar-refractivity contribution in [2.24, 2.45) is 10.5 Å². The molecule has 0 bridgehead atoms. The Labute approximate surface area is 61.8 Å². The van der Waals surface area contributed by atoms with Gasteiger partial charge >= 0.3 is 6.18 Å². The van der Waals surface area contributed by atoms with Crippen molar-refractivity contribution in [3.63, 3.8) is 0 Å². The Morgan fingerprint density at radius 2 is 1.82 bits per heavy atom. The predicted octanol–water partition coefficient (Wildman–Crippen LogP) is 2.89. The fourth-order valence-corrected chi connectivity index (χ4v) is 0.298. The third-order valence-electron chi connectivity index (χ3n) is 1.30. The molecule has 0 amide bonds. The molecule has 0 aliphatic carbocycles. The summed E-state index contributed by atoms with van der Waals surface area (Å²) in [5, 5.41) is 2.87. The van der Waals surface area contributed by atoms with Crippen LogP contribution < -0.4 is 0 Å². The van der Waals surface area contributed by atoms with E-state index in [1.54, 1.807) is 0 Å². The Kier molecular flexibility index (Phi) is 2.76. The van der Waals surface area contributed by atoms with E-state index in [0.717, 1.165) is 13.8 Å². The summed E-state index contributed by atoms with van der Waals surface area (Å²) in [4.78, 5) is 2.26. The summed E-state index contributed by atoms with van der Waals surface area (Å²) < 4.78 is 35.9. The van der Waals surface area contributed by atoms with Crippen LogP contribution in [-0.4, -0.2) is 12.7 Å². The molecule has 0 radical (unpaired) electrons. The van der Waals surface area contributed by atoms with Gasteiger partial charge in [0.2, 0.25) is 0 Å². The van der Waals surface area contributed by atoms with Gasteiger partial charge in [0.25, 0.3) is 0 Å². The van der Waals surface area contributed by atoms with Crippen LogP contribution in [0.1, 0.15) is 13.8 Å². The van der Waals surface area contributed by atoms with E-state index in [1.165, 1.54) is 0 Å². The van der Waals surface area contributed by atoms with Crippen LogP contribution in [0.3, 0.4) is 0 Å². The number of hydrogen-bond donors (Lipinski definition) is 0. The molecule has 0 aromatic carbocycles. The summed E-state index contributed by atoms with van der Waals surface area (Å²) in [7, 11) is 0. The molecule has 0 aliphatic rings. The quantitative estimate of drug-likeness (QED) is 0.345. The van der Waals surface area contributed by atoms with E-state index < -0.39 is 18.1 Å². The van der Waals surface area contributed by atoms with Gasteiger partial charge in [0.05, 0.1) is 5.41 Å². The van der Waals surface area contributed by atoms with Crippen molar-refractivity contribution in [3.05, 3.63) is 10.4 Å². The van der Waals surface area contributed by atoms with Crippen LogP contribution in [0.5, 0.6) is 0 Å². The molecular weight excluding hydrogens is 159 g/mol.